The predicted octanol–water partition coefficient (Wildman–Crippen LogP) is 2.42. The van der Waals surface area contributed by atoms with Crippen LogP contribution in [0, 0.1) is 0 Å². The number of hydrazine groups is 1. The van der Waals surface area contributed by atoms with Gasteiger partial charge in [0.2, 0.25) is 12.7 Å². The Balaban J connectivity index is 1.29. The van der Waals surface area contributed by atoms with Gasteiger partial charge in [-0.15, -0.1) is 11.3 Å². The van der Waals surface area contributed by atoms with Crippen LogP contribution in [0.1, 0.15) is 21.8 Å². The smallest absolute Gasteiger partial charge is 0.269 e. The Morgan fingerprint density at radius 3 is 2.81 bits per heavy atom. The Morgan fingerprint density at radius 1 is 1.08 bits per heavy atom. The molecule has 3 aromatic rings. The van der Waals surface area contributed by atoms with Gasteiger partial charge in [0.1, 0.15) is 0 Å². The first-order valence-electron chi connectivity index (χ1n) is 8.02. The molecular formula is C18H15N3O4S. The van der Waals surface area contributed by atoms with Crippen molar-refractivity contribution >= 4 is 33.4 Å². The lowest BCUT2D eigenvalue weighted by Gasteiger charge is -2.07. The molecule has 0 bridgehead atoms. The summed E-state index contributed by atoms with van der Waals surface area (Å²) in [6.07, 6.45) is 0.756. The van der Waals surface area contributed by atoms with Gasteiger partial charge in [0.25, 0.3) is 5.91 Å². The van der Waals surface area contributed by atoms with Crippen LogP contribution in [0.25, 0.3) is 10.2 Å². The number of carbonyl (C=O) groups excluding carboxylic acids is 2. The number of rotatable bonds is 4. The molecule has 0 spiro atoms. The molecule has 0 radical (unpaired) electrons. The van der Waals surface area contributed by atoms with Gasteiger partial charge in [-0.25, -0.2) is 4.98 Å². The van der Waals surface area contributed by atoms with E-state index in [9.17, 15) is 9.59 Å². The predicted molar refractivity (Wildman–Crippen MR) is 96.1 cm³/mol. The molecule has 4 rings (SSSR count). The van der Waals surface area contributed by atoms with Crippen molar-refractivity contribution in [2.75, 3.05) is 6.79 Å². The summed E-state index contributed by atoms with van der Waals surface area (Å²) in [5.41, 5.74) is 6.13. The van der Waals surface area contributed by atoms with E-state index < -0.39 is 5.91 Å². The van der Waals surface area contributed by atoms with Crippen molar-refractivity contribution in [3.05, 3.63) is 53.0 Å². The molecule has 7 nitrogen and oxygen atoms in total. The van der Waals surface area contributed by atoms with Gasteiger partial charge in [0.05, 0.1) is 15.2 Å². The quantitative estimate of drug-likeness (QED) is 0.690. The van der Waals surface area contributed by atoms with Gasteiger partial charge in [-0.05, 0) is 30.3 Å². The number of nitrogens with one attached hydrogen (secondary N) is 2. The molecule has 0 saturated heterocycles. The molecule has 0 fully saturated rings. The van der Waals surface area contributed by atoms with E-state index >= 15 is 0 Å². The molecule has 0 aliphatic carbocycles. The van der Waals surface area contributed by atoms with Crippen LogP contribution in [0.4, 0.5) is 0 Å². The van der Waals surface area contributed by atoms with Crippen LogP contribution >= 0.6 is 11.3 Å². The van der Waals surface area contributed by atoms with E-state index in [0.29, 0.717) is 23.5 Å². The molecule has 2 heterocycles. The number of hydrogen-bond acceptors (Lipinski definition) is 6. The zero-order valence-electron chi connectivity index (χ0n) is 13.7. The SMILES string of the molecule is O=C(CCc1nc2ccccc2s1)NNC(=O)c1ccc2c(c1)OCO2. The number of carbonyl (C=O) groups is 2. The molecule has 1 aliphatic rings. The van der Waals surface area contributed by atoms with Gasteiger partial charge in [-0.3, -0.25) is 20.4 Å². The van der Waals surface area contributed by atoms with E-state index in [1.54, 1.807) is 29.5 Å². The van der Waals surface area contributed by atoms with Crippen molar-refractivity contribution in [2.24, 2.45) is 0 Å². The molecule has 1 aromatic heterocycles. The lowest BCUT2D eigenvalue weighted by molar-refractivity contribution is -0.121. The molecule has 2 aromatic carbocycles. The lowest BCUT2D eigenvalue weighted by Crippen LogP contribution is -2.41. The number of benzene rings is 2. The van der Waals surface area contributed by atoms with E-state index in [1.807, 2.05) is 24.3 Å². The number of fused-ring (bicyclic) bond motifs is 2. The highest BCUT2D eigenvalue weighted by atomic mass is 32.1. The Labute approximate surface area is 152 Å². The van der Waals surface area contributed by atoms with Crippen molar-refractivity contribution in [2.45, 2.75) is 12.8 Å². The summed E-state index contributed by atoms with van der Waals surface area (Å²) >= 11 is 1.57. The summed E-state index contributed by atoms with van der Waals surface area (Å²) in [7, 11) is 0. The molecule has 1 aliphatic heterocycles. The molecular weight excluding hydrogens is 354 g/mol. The average Bonchev–Trinajstić information content (AvgIpc) is 3.29. The monoisotopic (exact) mass is 369 g/mol. The summed E-state index contributed by atoms with van der Waals surface area (Å²) in [5, 5.41) is 0.892. The van der Waals surface area contributed by atoms with Crippen molar-refractivity contribution in [3.63, 3.8) is 0 Å². The second-order valence-corrected chi connectivity index (χ2v) is 6.76. The zero-order valence-corrected chi connectivity index (χ0v) is 14.5. The zero-order chi connectivity index (χ0) is 17.9. The summed E-state index contributed by atoms with van der Waals surface area (Å²) in [6.45, 7) is 0.142. The summed E-state index contributed by atoms with van der Waals surface area (Å²) in [6, 6.07) is 12.7. The fourth-order valence-electron chi connectivity index (χ4n) is 2.55. The molecule has 0 unspecified atom stereocenters. The third kappa shape index (κ3) is 3.45. The highest BCUT2D eigenvalue weighted by molar-refractivity contribution is 7.18. The van der Waals surface area contributed by atoms with Crippen molar-refractivity contribution in [1.82, 2.24) is 15.8 Å². The number of ether oxygens (including phenoxy) is 2. The van der Waals surface area contributed by atoms with E-state index in [-0.39, 0.29) is 19.1 Å². The van der Waals surface area contributed by atoms with E-state index in [2.05, 4.69) is 15.8 Å². The van der Waals surface area contributed by atoms with E-state index in [4.69, 9.17) is 9.47 Å². The van der Waals surface area contributed by atoms with Crippen LogP contribution < -0.4 is 20.3 Å². The Bertz CT molecular complexity index is 952. The molecule has 0 atom stereocenters. The van der Waals surface area contributed by atoms with Crippen LogP contribution in [-0.4, -0.2) is 23.6 Å². The largest absolute Gasteiger partial charge is 0.454 e. The number of amides is 2. The second-order valence-electron chi connectivity index (χ2n) is 5.65. The second kappa shape index (κ2) is 7.01. The van der Waals surface area contributed by atoms with Crippen molar-refractivity contribution in [3.8, 4) is 11.5 Å². The van der Waals surface area contributed by atoms with Gasteiger partial charge >= 0.3 is 0 Å². The highest BCUT2D eigenvalue weighted by Gasteiger charge is 2.16. The molecule has 0 saturated carbocycles. The van der Waals surface area contributed by atoms with Crippen LogP contribution in [-0.2, 0) is 11.2 Å². The molecule has 26 heavy (non-hydrogen) atoms. The third-order valence-electron chi connectivity index (χ3n) is 3.85. The standard InChI is InChI=1S/C18H15N3O4S/c22-16(7-8-17-19-12-3-1-2-4-15(12)26-17)20-21-18(23)11-5-6-13-14(9-11)25-10-24-13/h1-6,9H,7-8,10H2,(H,20,22)(H,21,23). The van der Waals surface area contributed by atoms with Crippen molar-refractivity contribution in [1.29, 1.82) is 0 Å². The Hall–Kier alpha value is -3.13. The molecule has 2 N–H and O–H groups in total. The number of thiazole rings is 1. The maximum atomic E-state index is 12.1. The maximum absolute atomic E-state index is 12.1. The maximum Gasteiger partial charge on any atom is 0.269 e. The minimum atomic E-state index is -0.420. The number of nitrogens with zero attached hydrogens (tertiary/aromatic N) is 1. The van der Waals surface area contributed by atoms with Gasteiger partial charge in [-0.2, -0.15) is 0 Å². The van der Waals surface area contributed by atoms with Crippen LogP contribution in [0.15, 0.2) is 42.5 Å². The fraction of sp³-hybridized carbons (Fsp3) is 0.167. The normalized spacial score (nSPS) is 12.2. The average molecular weight is 369 g/mol. The summed E-state index contributed by atoms with van der Waals surface area (Å²) < 4.78 is 11.5. The van der Waals surface area contributed by atoms with Gasteiger partial charge < -0.3 is 9.47 Å². The van der Waals surface area contributed by atoms with Gasteiger partial charge in [-0.1, -0.05) is 12.1 Å². The molecule has 8 heteroatoms. The number of aromatic nitrogens is 1. The van der Waals surface area contributed by atoms with Crippen LogP contribution in [0.5, 0.6) is 11.5 Å². The first kappa shape index (κ1) is 16.3. The van der Waals surface area contributed by atoms with E-state index in [1.165, 1.54) is 0 Å². The molecule has 132 valence electrons. The Morgan fingerprint density at radius 2 is 1.92 bits per heavy atom. The summed E-state index contributed by atoms with van der Waals surface area (Å²) in [5.74, 6) is 0.413. The lowest BCUT2D eigenvalue weighted by atomic mass is 10.2. The number of aryl methyl sites for hydroxylation is 1. The minimum Gasteiger partial charge on any atom is -0.454 e. The first-order chi connectivity index (χ1) is 12.7. The minimum absolute atomic E-state index is 0.142. The highest BCUT2D eigenvalue weighted by Crippen LogP contribution is 2.32. The first-order valence-corrected chi connectivity index (χ1v) is 8.84. The van der Waals surface area contributed by atoms with E-state index in [0.717, 1.165) is 15.2 Å². The molecule has 2 amide bonds. The van der Waals surface area contributed by atoms with Gasteiger partial charge in [0.15, 0.2) is 11.5 Å². The van der Waals surface area contributed by atoms with Crippen LogP contribution in [0.2, 0.25) is 0 Å². The summed E-state index contributed by atoms with van der Waals surface area (Å²) in [4.78, 5) is 28.6. The van der Waals surface area contributed by atoms with Crippen LogP contribution in [0.3, 0.4) is 0 Å². The number of para-hydroxylation sites is 1. The Kier molecular flexibility index (Phi) is 4.40. The topological polar surface area (TPSA) is 89.6 Å². The number of hydrogen-bond donors (Lipinski definition) is 2. The van der Waals surface area contributed by atoms with Crippen molar-refractivity contribution < 1.29 is 19.1 Å². The fourth-order valence-corrected chi connectivity index (χ4v) is 3.51. The third-order valence-corrected chi connectivity index (χ3v) is 4.95. The van der Waals surface area contributed by atoms with Gasteiger partial charge in [0, 0.05) is 18.4 Å².